The molecule has 0 spiro atoms. The van der Waals surface area contributed by atoms with Crippen molar-refractivity contribution in [2.45, 2.75) is 20.4 Å². The number of nitrogens with zero attached hydrogens (tertiary/aromatic N) is 2. The minimum absolute atomic E-state index is 0.186. The molecule has 1 aliphatic rings. The molecule has 0 saturated carbocycles. The van der Waals surface area contributed by atoms with Crippen LogP contribution in [0.3, 0.4) is 0 Å². The summed E-state index contributed by atoms with van der Waals surface area (Å²) < 4.78 is 30.7. The lowest BCUT2D eigenvalue weighted by atomic mass is 10.2. The lowest BCUT2D eigenvalue weighted by Gasteiger charge is -2.33. The number of ether oxygens (including phenoxy) is 1. The summed E-state index contributed by atoms with van der Waals surface area (Å²) in [6.07, 6.45) is 0. The Morgan fingerprint density at radius 3 is 2.19 bits per heavy atom. The predicted molar refractivity (Wildman–Crippen MR) is 83.9 cm³/mol. The van der Waals surface area contributed by atoms with E-state index in [1.165, 1.54) is 5.56 Å². The van der Waals surface area contributed by atoms with Crippen molar-refractivity contribution in [2.75, 3.05) is 38.5 Å². The van der Waals surface area contributed by atoms with Gasteiger partial charge in [-0.3, -0.25) is 4.90 Å². The van der Waals surface area contributed by atoms with E-state index in [1.807, 2.05) is 19.1 Å². The molecule has 21 heavy (non-hydrogen) atoms. The van der Waals surface area contributed by atoms with Crippen molar-refractivity contribution in [3.05, 3.63) is 29.8 Å². The van der Waals surface area contributed by atoms with E-state index in [-0.39, 0.29) is 5.75 Å². The fraction of sp³-hybridized carbons (Fsp3) is 0.600. The van der Waals surface area contributed by atoms with Crippen LogP contribution in [0, 0.1) is 0 Å². The van der Waals surface area contributed by atoms with Crippen LogP contribution in [0.2, 0.25) is 0 Å². The molecular weight excluding hydrogens is 288 g/mol. The highest BCUT2D eigenvalue weighted by atomic mass is 32.2. The number of sulfonamides is 1. The van der Waals surface area contributed by atoms with Crippen LogP contribution in [-0.4, -0.2) is 56.2 Å². The summed E-state index contributed by atoms with van der Waals surface area (Å²) in [5, 5.41) is 0. The zero-order valence-electron chi connectivity index (χ0n) is 12.8. The normalized spacial score (nSPS) is 17.8. The molecule has 0 radical (unpaired) electrons. The maximum atomic E-state index is 11.8. The third kappa shape index (κ3) is 4.43. The van der Waals surface area contributed by atoms with Crippen LogP contribution < -0.4 is 4.74 Å². The third-order valence-corrected chi connectivity index (χ3v) is 5.61. The molecule has 1 heterocycles. The Balaban J connectivity index is 1.86. The predicted octanol–water partition coefficient (Wildman–Crippen LogP) is 1.55. The van der Waals surface area contributed by atoms with Gasteiger partial charge >= 0.3 is 0 Å². The van der Waals surface area contributed by atoms with Crippen molar-refractivity contribution in [3.63, 3.8) is 0 Å². The highest BCUT2D eigenvalue weighted by Gasteiger charge is 2.25. The third-order valence-electron chi connectivity index (χ3n) is 3.73. The summed E-state index contributed by atoms with van der Waals surface area (Å²) in [6.45, 7) is 7.94. The van der Waals surface area contributed by atoms with Crippen molar-refractivity contribution in [1.82, 2.24) is 9.21 Å². The lowest BCUT2D eigenvalue weighted by Crippen LogP contribution is -2.48. The SMILES string of the molecule is CCOc1ccc(CN2CCN(S(=O)(=O)CC)CC2)cc1. The van der Waals surface area contributed by atoms with E-state index in [0.29, 0.717) is 19.7 Å². The summed E-state index contributed by atoms with van der Waals surface area (Å²) in [4.78, 5) is 2.29. The molecule has 1 aliphatic heterocycles. The van der Waals surface area contributed by atoms with Gasteiger partial charge in [0.25, 0.3) is 0 Å². The Bertz CT molecular complexity index is 535. The van der Waals surface area contributed by atoms with E-state index in [1.54, 1.807) is 11.2 Å². The summed E-state index contributed by atoms with van der Waals surface area (Å²) in [7, 11) is -3.04. The molecule has 0 atom stereocenters. The van der Waals surface area contributed by atoms with Crippen LogP contribution in [0.25, 0.3) is 0 Å². The van der Waals surface area contributed by atoms with Crippen LogP contribution in [0.15, 0.2) is 24.3 Å². The molecule has 1 aromatic rings. The molecule has 0 aromatic heterocycles. The number of rotatable bonds is 6. The molecule has 6 heteroatoms. The van der Waals surface area contributed by atoms with Crippen LogP contribution in [-0.2, 0) is 16.6 Å². The minimum atomic E-state index is -3.04. The maximum Gasteiger partial charge on any atom is 0.213 e. The molecule has 0 unspecified atom stereocenters. The van der Waals surface area contributed by atoms with Gasteiger partial charge in [0.05, 0.1) is 12.4 Å². The van der Waals surface area contributed by atoms with Gasteiger partial charge in [0, 0.05) is 32.7 Å². The van der Waals surface area contributed by atoms with Crippen LogP contribution in [0.4, 0.5) is 0 Å². The molecule has 0 aliphatic carbocycles. The second-order valence-corrected chi connectivity index (χ2v) is 7.41. The summed E-state index contributed by atoms with van der Waals surface area (Å²) >= 11 is 0. The van der Waals surface area contributed by atoms with Gasteiger partial charge in [-0.05, 0) is 31.5 Å². The van der Waals surface area contributed by atoms with Crippen molar-refractivity contribution >= 4 is 10.0 Å². The highest BCUT2D eigenvalue weighted by molar-refractivity contribution is 7.89. The van der Waals surface area contributed by atoms with Gasteiger partial charge < -0.3 is 4.74 Å². The number of hydrogen-bond donors (Lipinski definition) is 0. The van der Waals surface area contributed by atoms with Crippen molar-refractivity contribution in [3.8, 4) is 5.75 Å². The smallest absolute Gasteiger partial charge is 0.213 e. The van der Waals surface area contributed by atoms with Gasteiger partial charge in [0.2, 0.25) is 10.0 Å². The Hall–Kier alpha value is -1.11. The number of piperazine rings is 1. The topological polar surface area (TPSA) is 49.9 Å². The fourth-order valence-electron chi connectivity index (χ4n) is 2.46. The summed E-state index contributed by atoms with van der Waals surface area (Å²) in [5.41, 5.74) is 1.23. The van der Waals surface area contributed by atoms with Crippen LogP contribution in [0.1, 0.15) is 19.4 Å². The molecule has 2 rings (SSSR count). The minimum Gasteiger partial charge on any atom is -0.494 e. The number of benzene rings is 1. The molecule has 0 N–H and O–H groups in total. The monoisotopic (exact) mass is 312 g/mol. The Morgan fingerprint density at radius 2 is 1.67 bits per heavy atom. The first-order chi connectivity index (χ1) is 10.0. The van der Waals surface area contributed by atoms with Gasteiger partial charge in [0.1, 0.15) is 5.75 Å². The molecule has 1 saturated heterocycles. The van der Waals surface area contributed by atoms with Crippen LogP contribution >= 0.6 is 0 Å². The molecule has 0 amide bonds. The van der Waals surface area contributed by atoms with Crippen molar-refractivity contribution in [2.24, 2.45) is 0 Å². The first kappa shape index (κ1) is 16.3. The molecule has 0 bridgehead atoms. The van der Waals surface area contributed by atoms with E-state index >= 15 is 0 Å². The largest absolute Gasteiger partial charge is 0.494 e. The summed E-state index contributed by atoms with van der Waals surface area (Å²) in [6, 6.07) is 8.10. The lowest BCUT2D eigenvalue weighted by molar-refractivity contribution is 0.181. The summed E-state index contributed by atoms with van der Waals surface area (Å²) in [5.74, 6) is 1.08. The van der Waals surface area contributed by atoms with Gasteiger partial charge in [0.15, 0.2) is 0 Å². The fourth-order valence-corrected chi connectivity index (χ4v) is 3.55. The van der Waals surface area contributed by atoms with Crippen LogP contribution in [0.5, 0.6) is 5.75 Å². The van der Waals surface area contributed by atoms with E-state index in [9.17, 15) is 8.42 Å². The van der Waals surface area contributed by atoms with Crippen molar-refractivity contribution in [1.29, 1.82) is 0 Å². The maximum absolute atomic E-state index is 11.8. The Kier molecular flexibility index (Phi) is 5.61. The van der Waals surface area contributed by atoms with Gasteiger partial charge in [-0.15, -0.1) is 0 Å². The zero-order valence-corrected chi connectivity index (χ0v) is 13.6. The molecular formula is C15H24N2O3S. The van der Waals surface area contributed by atoms with E-state index in [2.05, 4.69) is 17.0 Å². The number of hydrogen-bond acceptors (Lipinski definition) is 4. The van der Waals surface area contributed by atoms with Crippen molar-refractivity contribution < 1.29 is 13.2 Å². The average Bonchev–Trinajstić information content (AvgIpc) is 2.50. The molecule has 1 aromatic carbocycles. The first-order valence-electron chi connectivity index (χ1n) is 7.47. The van der Waals surface area contributed by atoms with E-state index in [0.717, 1.165) is 25.4 Å². The standard InChI is InChI=1S/C15H24N2O3S/c1-3-20-15-7-5-14(6-8-15)13-16-9-11-17(12-10-16)21(18,19)4-2/h5-8H,3-4,9-13H2,1-2H3. The Morgan fingerprint density at radius 1 is 1.05 bits per heavy atom. The molecule has 5 nitrogen and oxygen atoms in total. The van der Waals surface area contributed by atoms with Gasteiger partial charge in [-0.2, -0.15) is 4.31 Å². The van der Waals surface area contributed by atoms with E-state index < -0.39 is 10.0 Å². The Labute approximate surface area is 127 Å². The van der Waals surface area contributed by atoms with E-state index in [4.69, 9.17) is 4.74 Å². The molecule has 1 fully saturated rings. The molecule has 118 valence electrons. The van der Waals surface area contributed by atoms with Gasteiger partial charge in [-0.25, -0.2) is 8.42 Å². The quantitative estimate of drug-likeness (QED) is 0.800. The zero-order chi connectivity index (χ0) is 15.3. The second kappa shape index (κ2) is 7.24. The average molecular weight is 312 g/mol. The highest BCUT2D eigenvalue weighted by Crippen LogP contribution is 2.15. The first-order valence-corrected chi connectivity index (χ1v) is 9.08. The van der Waals surface area contributed by atoms with Gasteiger partial charge in [-0.1, -0.05) is 12.1 Å². The second-order valence-electron chi connectivity index (χ2n) is 5.15.